The van der Waals surface area contributed by atoms with Gasteiger partial charge in [-0.1, -0.05) is 30.3 Å². The van der Waals surface area contributed by atoms with E-state index in [1.54, 1.807) is 10.9 Å². The highest BCUT2D eigenvalue weighted by Gasteiger charge is 2.24. The topological polar surface area (TPSA) is 71.1 Å². The predicted molar refractivity (Wildman–Crippen MR) is 119 cm³/mol. The molecule has 1 aliphatic rings. The fraction of sp³-hybridized carbons (Fsp3) is 0.292. The molecular weight excluding hydrogens is 411 g/mol. The molecule has 1 fully saturated rings. The molecule has 5 rings (SSSR count). The molecular formula is C24H23FN4O3. The van der Waals surface area contributed by atoms with Gasteiger partial charge in [0.05, 0.1) is 30.7 Å². The molecule has 0 saturated carbocycles. The molecule has 0 aliphatic carbocycles. The van der Waals surface area contributed by atoms with Crippen molar-refractivity contribution in [3.05, 3.63) is 93.1 Å². The van der Waals surface area contributed by atoms with Gasteiger partial charge in [-0.05, 0) is 49.6 Å². The highest BCUT2D eigenvalue weighted by Crippen LogP contribution is 2.22. The molecule has 7 nitrogen and oxygen atoms in total. The number of fused-ring (bicyclic) bond motifs is 1. The zero-order chi connectivity index (χ0) is 22.2. The highest BCUT2D eigenvalue weighted by atomic mass is 19.1. The number of hydrogen-bond acceptors (Lipinski definition) is 4. The van der Waals surface area contributed by atoms with Crippen LogP contribution in [0, 0.1) is 5.82 Å². The minimum absolute atomic E-state index is 0.166. The van der Waals surface area contributed by atoms with Crippen LogP contribution < -0.4 is 11.2 Å². The van der Waals surface area contributed by atoms with Crippen molar-refractivity contribution in [2.75, 3.05) is 6.61 Å². The maximum atomic E-state index is 13.6. The second-order valence-corrected chi connectivity index (χ2v) is 8.06. The average molecular weight is 434 g/mol. The lowest BCUT2D eigenvalue weighted by Gasteiger charge is -2.17. The minimum atomic E-state index is -0.512. The van der Waals surface area contributed by atoms with Crippen molar-refractivity contribution in [2.45, 2.75) is 38.5 Å². The van der Waals surface area contributed by atoms with Crippen LogP contribution in [0.4, 0.5) is 4.39 Å². The van der Waals surface area contributed by atoms with Gasteiger partial charge in [0.25, 0.3) is 5.56 Å². The van der Waals surface area contributed by atoms with Crippen molar-refractivity contribution in [1.29, 1.82) is 0 Å². The van der Waals surface area contributed by atoms with Crippen LogP contribution in [0.15, 0.2) is 70.5 Å². The number of halogens is 1. The van der Waals surface area contributed by atoms with Crippen molar-refractivity contribution in [2.24, 2.45) is 0 Å². The summed E-state index contributed by atoms with van der Waals surface area (Å²) in [5.74, 6) is -0.408. The van der Waals surface area contributed by atoms with Crippen LogP contribution in [-0.2, 0) is 11.3 Å². The molecule has 0 bridgehead atoms. The van der Waals surface area contributed by atoms with Crippen molar-refractivity contribution in [3.63, 3.8) is 0 Å². The lowest BCUT2D eigenvalue weighted by Crippen LogP contribution is -2.42. The molecule has 1 aliphatic heterocycles. The molecule has 8 heteroatoms. The van der Waals surface area contributed by atoms with Gasteiger partial charge in [-0.25, -0.2) is 18.7 Å². The lowest BCUT2D eigenvalue weighted by atomic mass is 10.1. The molecule has 2 atom stereocenters. The van der Waals surface area contributed by atoms with Gasteiger partial charge in [0, 0.05) is 6.61 Å². The van der Waals surface area contributed by atoms with Crippen LogP contribution in [0.25, 0.3) is 16.9 Å². The number of rotatable bonds is 5. The number of benzene rings is 2. The second-order valence-electron chi connectivity index (χ2n) is 8.06. The van der Waals surface area contributed by atoms with E-state index in [4.69, 9.17) is 4.74 Å². The maximum absolute atomic E-state index is 13.6. The Hall–Kier alpha value is -3.52. The Morgan fingerprint density at radius 2 is 1.88 bits per heavy atom. The van der Waals surface area contributed by atoms with E-state index in [9.17, 15) is 14.0 Å². The van der Waals surface area contributed by atoms with Crippen LogP contribution in [-0.4, -0.2) is 31.4 Å². The summed E-state index contributed by atoms with van der Waals surface area (Å²) in [6, 6.07) is 15.2. The standard InChI is InChI=1S/C24H23FN4O3/c1-16(17-6-3-2-4-7-17)28-15-26-22-21(28)23(30)27(14-20-8-5-13-32-20)24(31)29(22)19-11-9-18(25)10-12-19/h2-4,6-7,9-12,15-16,20H,5,8,13-14H2,1H3. The van der Waals surface area contributed by atoms with Crippen LogP contribution in [0.3, 0.4) is 0 Å². The van der Waals surface area contributed by atoms with E-state index in [0.29, 0.717) is 17.8 Å². The first-order valence-corrected chi connectivity index (χ1v) is 10.7. The Morgan fingerprint density at radius 3 is 2.56 bits per heavy atom. The van der Waals surface area contributed by atoms with Crippen LogP contribution in [0.1, 0.15) is 31.4 Å². The van der Waals surface area contributed by atoms with Crippen LogP contribution >= 0.6 is 0 Å². The third kappa shape index (κ3) is 3.46. The molecule has 0 spiro atoms. The van der Waals surface area contributed by atoms with Crippen molar-refractivity contribution >= 4 is 11.2 Å². The van der Waals surface area contributed by atoms with Crippen molar-refractivity contribution in [3.8, 4) is 5.69 Å². The minimum Gasteiger partial charge on any atom is -0.376 e. The smallest absolute Gasteiger partial charge is 0.337 e. The summed E-state index contributed by atoms with van der Waals surface area (Å²) in [5, 5.41) is 0. The first-order valence-electron chi connectivity index (χ1n) is 10.7. The molecule has 2 aromatic heterocycles. The largest absolute Gasteiger partial charge is 0.376 e. The number of ether oxygens (including phenoxy) is 1. The molecule has 0 N–H and O–H groups in total. The first kappa shape index (κ1) is 20.4. The van der Waals surface area contributed by atoms with E-state index in [-0.39, 0.29) is 24.3 Å². The normalized spacial score (nSPS) is 17.1. The van der Waals surface area contributed by atoms with Gasteiger partial charge in [-0.3, -0.25) is 9.36 Å². The van der Waals surface area contributed by atoms with Gasteiger partial charge < -0.3 is 9.30 Å². The summed E-state index contributed by atoms with van der Waals surface area (Å²) < 4.78 is 23.6. The Balaban J connectivity index is 1.76. The van der Waals surface area contributed by atoms with Gasteiger partial charge in [-0.15, -0.1) is 0 Å². The summed E-state index contributed by atoms with van der Waals surface area (Å²) in [6.45, 7) is 2.77. The van der Waals surface area contributed by atoms with Gasteiger partial charge in [0.15, 0.2) is 11.2 Å². The molecule has 2 aromatic carbocycles. The molecule has 2 unspecified atom stereocenters. The summed E-state index contributed by atoms with van der Waals surface area (Å²) in [6.07, 6.45) is 3.08. The zero-order valence-corrected chi connectivity index (χ0v) is 17.6. The molecule has 3 heterocycles. The third-order valence-corrected chi connectivity index (χ3v) is 6.05. The molecule has 0 radical (unpaired) electrons. The molecule has 4 aromatic rings. The van der Waals surface area contributed by atoms with E-state index < -0.39 is 17.1 Å². The van der Waals surface area contributed by atoms with E-state index in [1.807, 2.05) is 37.3 Å². The summed E-state index contributed by atoms with van der Waals surface area (Å²) in [7, 11) is 0. The highest BCUT2D eigenvalue weighted by molar-refractivity contribution is 5.72. The maximum Gasteiger partial charge on any atom is 0.337 e. The van der Waals surface area contributed by atoms with E-state index in [0.717, 1.165) is 18.4 Å². The Labute approximate surface area is 183 Å². The molecule has 0 amide bonds. The van der Waals surface area contributed by atoms with E-state index >= 15 is 0 Å². The summed E-state index contributed by atoms with van der Waals surface area (Å²) in [5.41, 5.74) is 1.11. The fourth-order valence-corrected chi connectivity index (χ4v) is 4.31. The summed E-state index contributed by atoms with van der Waals surface area (Å²) in [4.78, 5) is 31.5. The van der Waals surface area contributed by atoms with Crippen molar-refractivity contribution in [1.82, 2.24) is 18.7 Å². The monoisotopic (exact) mass is 434 g/mol. The Morgan fingerprint density at radius 1 is 1.12 bits per heavy atom. The Bertz CT molecular complexity index is 1370. The average Bonchev–Trinajstić information content (AvgIpc) is 3.48. The summed E-state index contributed by atoms with van der Waals surface area (Å²) >= 11 is 0. The van der Waals surface area contributed by atoms with E-state index in [1.165, 1.54) is 33.4 Å². The van der Waals surface area contributed by atoms with Crippen molar-refractivity contribution < 1.29 is 9.13 Å². The van der Waals surface area contributed by atoms with Gasteiger partial charge >= 0.3 is 5.69 Å². The van der Waals surface area contributed by atoms with E-state index in [2.05, 4.69) is 4.98 Å². The zero-order valence-electron chi connectivity index (χ0n) is 17.6. The Kier molecular flexibility index (Phi) is 5.22. The van der Waals surface area contributed by atoms with Crippen LogP contribution in [0.5, 0.6) is 0 Å². The van der Waals surface area contributed by atoms with Crippen LogP contribution in [0.2, 0.25) is 0 Å². The number of aromatic nitrogens is 4. The molecule has 1 saturated heterocycles. The molecule has 32 heavy (non-hydrogen) atoms. The fourth-order valence-electron chi connectivity index (χ4n) is 4.31. The van der Waals surface area contributed by atoms with Gasteiger partial charge in [0.2, 0.25) is 0 Å². The number of hydrogen-bond donors (Lipinski definition) is 0. The number of imidazole rings is 1. The second kappa shape index (κ2) is 8.20. The first-order chi connectivity index (χ1) is 15.5. The quantitative estimate of drug-likeness (QED) is 0.483. The SMILES string of the molecule is CC(c1ccccc1)n1cnc2c1c(=O)n(CC1CCCO1)c(=O)n2-c1ccc(F)cc1. The van der Waals surface area contributed by atoms with Gasteiger partial charge in [-0.2, -0.15) is 0 Å². The predicted octanol–water partition coefficient (Wildman–Crippen LogP) is 3.28. The lowest BCUT2D eigenvalue weighted by molar-refractivity contribution is 0.0950. The third-order valence-electron chi connectivity index (χ3n) is 6.05. The molecule has 164 valence electrons. The number of nitrogens with zero attached hydrogens (tertiary/aromatic N) is 4. The van der Waals surface area contributed by atoms with Gasteiger partial charge in [0.1, 0.15) is 5.82 Å².